The highest BCUT2D eigenvalue weighted by molar-refractivity contribution is 5.98. The average Bonchev–Trinajstić information content (AvgIpc) is 2.66. The Hall–Kier alpha value is -2.86. The summed E-state index contributed by atoms with van der Waals surface area (Å²) in [5.74, 6) is -0.0737. The molecule has 1 aliphatic rings. The van der Waals surface area contributed by atoms with Crippen molar-refractivity contribution in [2.24, 2.45) is 0 Å². The molecular formula is C20H23N3O3. The minimum atomic E-state index is -0.334. The van der Waals surface area contributed by atoms with Gasteiger partial charge in [-0.05, 0) is 30.3 Å². The highest BCUT2D eigenvalue weighted by Crippen LogP contribution is 2.25. The Morgan fingerprint density at radius 3 is 2.69 bits per heavy atom. The van der Waals surface area contributed by atoms with Gasteiger partial charge >= 0.3 is 0 Å². The molecule has 1 unspecified atom stereocenters. The fraction of sp³-hybridized carbons (Fsp3) is 0.300. The largest absolute Gasteiger partial charge is 0.496 e. The van der Waals surface area contributed by atoms with E-state index in [1.54, 1.807) is 24.3 Å². The number of likely N-dealkylation sites (N-methyl/N-ethyl adjacent to an activating group) is 1. The molecule has 2 N–H and O–H groups in total. The summed E-state index contributed by atoms with van der Waals surface area (Å²) in [6.07, 6.45) is 0. The number of fused-ring (bicyclic) bond motifs is 1. The predicted octanol–water partition coefficient (Wildman–Crippen LogP) is 1.73. The molecule has 1 heterocycles. The van der Waals surface area contributed by atoms with Gasteiger partial charge in [0.25, 0.3) is 5.91 Å². The zero-order chi connectivity index (χ0) is 18.5. The van der Waals surface area contributed by atoms with Gasteiger partial charge in [0.2, 0.25) is 5.91 Å². The van der Waals surface area contributed by atoms with Gasteiger partial charge in [0.05, 0.1) is 25.3 Å². The first-order valence-corrected chi connectivity index (χ1v) is 8.55. The first-order chi connectivity index (χ1) is 12.6. The van der Waals surface area contributed by atoms with Gasteiger partial charge in [-0.1, -0.05) is 36.4 Å². The summed E-state index contributed by atoms with van der Waals surface area (Å²) in [5, 5.41) is 5.67. The number of ether oxygens (including phenoxy) is 1. The predicted molar refractivity (Wildman–Crippen MR) is 99.0 cm³/mol. The second kappa shape index (κ2) is 8.01. The van der Waals surface area contributed by atoms with E-state index < -0.39 is 0 Å². The molecule has 0 radical (unpaired) electrons. The maximum atomic E-state index is 12.3. The topological polar surface area (TPSA) is 70.7 Å². The molecule has 2 aromatic carbocycles. The minimum Gasteiger partial charge on any atom is -0.496 e. The SMILES string of the molecule is COc1ccccc1C(=O)NCC(=O)NC1CN(C)Cc2ccccc21. The van der Waals surface area contributed by atoms with Gasteiger partial charge in [-0.25, -0.2) is 0 Å². The maximum absolute atomic E-state index is 12.3. The van der Waals surface area contributed by atoms with Crippen LogP contribution in [0.1, 0.15) is 27.5 Å². The lowest BCUT2D eigenvalue weighted by molar-refractivity contribution is -0.121. The lowest BCUT2D eigenvalue weighted by Crippen LogP contribution is -2.44. The van der Waals surface area contributed by atoms with Gasteiger partial charge in [-0.15, -0.1) is 0 Å². The van der Waals surface area contributed by atoms with E-state index in [2.05, 4.69) is 21.6 Å². The van der Waals surface area contributed by atoms with Crippen LogP contribution in [-0.4, -0.2) is 44.0 Å². The molecule has 0 saturated carbocycles. The third kappa shape index (κ3) is 4.03. The molecule has 0 aliphatic carbocycles. The van der Waals surface area contributed by atoms with E-state index in [1.807, 2.05) is 25.2 Å². The van der Waals surface area contributed by atoms with Crippen molar-refractivity contribution in [2.75, 3.05) is 27.2 Å². The number of para-hydroxylation sites is 1. The Kier molecular flexibility index (Phi) is 5.53. The summed E-state index contributed by atoms with van der Waals surface area (Å²) < 4.78 is 5.18. The second-order valence-corrected chi connectivity index (χ2v) is 6.40. The number of carbonyl (C=O) groups is 2. The van der Waals surface area contributed by atoms with Gasteiger partial charge in [0, 0.05) is 13.1 Å². The summed E-state index contributed by atoms with van der Waals surface area (Å²) in [7, 11) is 3.54. The summed E-state index contributed by atoms with van der Waals surface area (Å²) >= 11 is 0. The molecule has 1 atom stereocenters. The van der Waals surface area contributed by atoms with E-state index in [-0.39, 0.29) is 24.4 Å². The summed E-state index contributed by atoms with van der Waals surface area (Å²) in [6.45, 7) is 1.52. The van der Waals surface area contributed by atoms with Crippen molar-refractivity contribution in [2.45, 2.75) is 12.6 Å². The average molecular weight is 353 g/mol. The molecule has 3 rings (SSSR count). The van der Waals surface area contributed by atoms with E-state index >= 15 is 0 Å². The molecule has 6 nitrogen and oxygen atoms in total. The van der Waals surface area contributed by atoms with Crippen LogP contribution in [0, 0.1) is 0 Å². The summed E-state index contributed by atoms with van der Waals surface area (Å²) in [4.78, 5) is 26.8. The fourth-order valence-corrected chi connectivity index (χ4v) is 3.24. The Morgan fingerprint density at radius 1 is 1.15 bits per heavy atom. The molecule has 0 bridgehead atoms. The monoisotopic (exact) mass is 353 g/mol. The third-order valence-corrected chi connectivity index (χ3v) is 4.46. The fourth-order valence-electron chi connectivity index (χ4n) is 3.24. The van der Waals surface area contributed by atoms with E-state index in [4.69, 9.17) is 4.74 Å². The summed E-state index contributed by atoms with van der Waals surface area (Å²) in [5.41, 5.74) is 2.75. The molecule has 0 aromatic heterocycles. The van der Waals surface area contributed by atoms with Crippen molar-refractivity contribution in [3.05, 3.63) is 65.2 Å². The Bertz CT molecular complexity index is 806. The van der Waals surface area contributed by atoms with E-state index in [0.717, 1.165) is 18.7 Å². The van der Waals surface area contributed by atoms with Crippen LogP contribution < -0.4 is 15.4 Å². The number of hydrogen-bond donors (Lipinski definition) is 2. The molecule has 2 aromatic rings. The van der Waals surface area contributed by atoms with Crippen LogP contribution in [0.2, 0.25) is 0 Å². The number of benzene rings is 2. The number of amides is 2. The van der Waals surface area contributed by atoms with Crippen LogP contribution in [0.5, 0.6) is 5.75 Å². The van der Waals surface area contributed by atoms with Gasteiger partial charge in [-0.2, -0.15) is 0 Å². The number of nitrogens with zero attached hydrogens (tertiary/aromatic N) is 1. The quantitative estimate of drug-likeness (QED) is 0.859. The molecule has 1 aliphatic heterocycles. The summed E-state index contributed by atoms with van der Waals surface area (Å²) in [6, 6.07) is 14.9. The molecule has 136 valence electrons. The van der Waals surface area contributed by atoms with Gasteiger partial charge in [0.15, 0.2) is 0 Å². The Labute approximate surface area is 153 Å². The molecular weight excluding hydrogens is 330 g/mol. The number of nitrogens with one attached hydrogen (secondary N) is 2. The van der Waals surface area contributed by atoms with Crippen molar-refractivity contribution in [3.63, 3.8) is 0 Å². The van der Waals surface area contributed by atoms with Crippen LogP contribution in [0.3, 0.4) is 0 Å². The van der Waals surface area contributed by atoms with Crippen molar-refractivity contribution in [1.29, 1.82) is 0 Å². The van der Waals surface area contributed by atoms with Crippen LogP contribution in [0.4, 0.5) is 0 Å². The third-order valence-electron chi connectivity index (χ3n) is 4.46. The van der Waals surface area contributed by atoms with Crippen LogP contribution in [0.15, 0.2) is 48.5 Å². The highest BCUT2D eigenvalue weighted by Gasteiger charge is 2.24. The zero-order valence-corrected chi connectivity index (χ0v) is 15.0. The molecule has 0 saturated heterocycles. The first kappa shape index (κ1) is 17.9. The number of hydrogen-bond acceptors (Lipinski definition) is 4. The van der Waals surface area contributed by atoms with E-state index in [0.29, 0.717) is 11.3 Å². The van der Waals surface area contributed by atoms with Gasteiger partial charge in [-0.3, -0.25) is 14.5 Å². The van der Waals surface area contributed by atoms with E-state index in [9.17, 15) is 9.59 Å². The minimum absolute atomic E-state index is 0.0828. The number of carbonyl (C=O) groups excluding carboxylic acids is 2. The smallest absolute Gasteiger partial charge is 0.255 e. The normalized spacial score (nSPS) is 16.5. The lowest BCUT2D eigenvalue weighted by atomic mass is 9.96. The standard InChI is InChI=1S/C20H23N3O3/c1-23-12-14-7-3-4-8-15(14)17(13-23)22-19(24)11-21-20(25)16-9-5-6-10-18(16)26-2/h3-10,17H,11-13H2,1-2H3,(H,21,25)(H,22,24). The Balaban J connectivity index is 1.60. The van der Waals surface area contributed by atoms with Crippen molar-refractivity contribution >= 4 is 11.8 Å². The second-order valence-electron chi connectivity index (χ2n) is 6.40. The van der Waals surface area contributed by atoms with Crippen LogP contribution in [0.25, 0.3) is 0 Å². The van der Waals surface area contributed by atoms with Gasteiger partial charge < -0.3 is 15.4 Å². The Morgan fingerprint density at radius 2 is 1.88 bits per heavy atom. The van der Waals surface area contributed by atoms with E-state index in [1.165, 1.54) is 12.7 Å². The molecule has 2 amide bonds. The van der Waals surface area contributed by atoms with Crippen LogP contribution in [-0.2, 0) is 11.3 Å². The molecule has 0 fully saturated rings. The van der Waals surface area contributed by atoms with Gasteiger partial charge in [0.1, 0.15) is 5.75 Å². The molecule has 26 heavy (non-hydrogen) atoms. The lowest BCUT2D eigenvalue weighted by Gasteiger charge is -2.32. The van der Waals surface area contributed by atoms with Crippen molar-refractivity contribution < 1.29 is 14.3 Å². The van der Waals surface area contributed by atoms with Crippen molar-refractivity contribution in [3.8, 4) is 5.75 Å². The van der Waals surface area contributed by atoms with Crippen LogP contribution >= 0.6 is 0 Å². The maximum Gasteiger partial charge on any atom is 0.255 e. The number of methoxy groups -OCH3 is 1. The molecule has 6 heteroatoms. The molecule has 0 spiro atoms. The first-order valence-electron chi connectivity index (χ1n) is 8.55. The zero-order valence-electron chi connectivity index (χ0n) is 15.0. The number of rotatable bonds is 5. The highest BCUT2D eigenvalue weighted by atomic mass is 16.5. The van der Waals surface area contributed by atoms with Crippen molar-refractivity contribution in [1.82, 2.24) is 15.5 Å².